The summed E-state index contributed by atoms with van der Waals surface area (Å²) in [5, 5.41) is 3.38. The quantitative estimate of drug-likeness (QED) is 0.773. The first-order valence-corrected chi connectivity index (χ1v) is 7.39. The Hall–Kier alpha value is -0.610. The van der Waals surface area contributed by atoms with Crippen molar-refractivity contribution in [2.24, 2.45) is 0 Å². The molecule has 1 N–H and O–H groups in total. The molecule has 2 fully saturated rings. The SMILES string of the molecule is CCC(C)OC(=O)C1CCCN1C1CCNCC1. The zero-order chi connectivity index (χ0) is 13.0. The van der Waals surface area contributed by atoms with Gasteiger partial charge in [-0.3, -0.25) is 9.69 Å². The second-order valence-corrected chi connectivity index (χ2v) is 5.53. The molecule has 0 aliphatic carbocycles. The van der Waals surface area contributed by atoms with E-state index in [1.165, 1.54) is 0 Å². The standard InChI is InChI=1S/C14H26N2O2/c1-3-11(2)18-14(17)13-5-4-10-16(13)12-6-8-15-9-7-12/h11-13,15H,3-10H2,1-2H3. The Morgan fingerprint density at radius 2 is 2.11 bits per heavy atom. The van der Waals surface area contributed by atoms with Crippen molar-refractivity contribution in [3.05, 3.63) is 0 Å². The maximum Gasteiger partial charge on any atom is 0.323 e. The molecule has 2 rings (SSSR count). The average molecular weight is 254 g/mol. The molecule has 18 heavy (non-hydrogen) atoms. The molecule has 104 valence electrons. The fourth-order valence-corrected chi connectivity index (χ4v) is 2.98. The van der Waals surface area contributed by atoms with Gasteiger partial charge in [0, 0.05) is 6.04 Å². The predicted molar refractivity (Wildman–Crippen MR) is 71.5 cm³/mol. The van der Waals surface area contributed by atoms with E-state index in [-0.39, 0.29) is 18.1 Å². The molecule has 0 spiro atoms. The van der Waals surface area contributed by atoms with E-state index in [2.05, 4.69) is 17.1 Å². The minimum atomic E-state index is 0.000354. The number of hydrogen-bond donors (Lipinski definition) is 1. The molecule has 0 amide bonds. The molecular weight excluding hydrogens is 228 g/mol. The lowest BCUT2D eigenvalue weighted by Gasteiger charge is -2.35. The van der Waals surface area contributed by atoms with Crippen LogP contribution in [0.1, 0.15) is 46.0 Å². The van der Waals surface area contributed by atoms with Crippen LogP contribution >= 0.6 is 0 Å². The minimum absolute atomic E-state index is 0.000354. The van der Waals surface area contributed by atoms with E-state index in [0.29, 0.717) is 6.04 Å². The Labute approximate surface area is 110 Å². The van der Waals surface area contributed by atoms with E-state index in [1.54, 1.807) is 0 Å². The number of ether oxygens (including phenoxy) is 1. The number of esters is 1. The van der Waals surface area contributed by atoms with Crippen LogP contribution in [0.25, 0.3) is 0 Å². The van der Waals surface area contributed by atoms with Gasteiger partial charge in [0.25, 0.3) is 0 Å². The van der Waals surface area contributed by atoms with Crippen LogP contribution in [0, 0.1) is 0 Å². The highest BCUT2D eigenvalue weighted by molar-refractivity contribution is 5.76. The fraction of sp³-hybridized carbons (Fsp3) is 0.929. The van der Waals surface area contributed by atoms with E-state index in [9.17, 15) is 4.79 Å². The molecule has 4 heteroatoms. The summed E-state index contributed by atoms with van der Waals surface area (Å²) in [7, 11) is 0. The number of carbonyl (C=O) groups is 1. The van der Waals surface area contributed by atoms with E-state index in [4.69, 9.17) is 4.74 Å². The minimum Gasteiger partial charge on any atom is -0.462 e. The molecule has 4 nitrogen and oxygen atoms in total. The number of hydrogen-bond acceptors (Lipinski definition) is 4. The largest absolute Gasteiger partial charge is 0.462 e. The summed E-state index contributed by atoms with van der Waals surface area (Å²) in [5.74, 6) is 0.000354. The molecule has 2 atom stereocenters. The van der Waals surface area contributed by atoms with Crippen molar-refractivity contribution in [1.29, 1.82) is 0 Å². The molecule has 0 aromatic carbocycles. The van der Waals surface area contributed by atoms with Gasteiger partial charge in [0.1, 0.15) is 6.04 Å². The maximum atomic E-state index is 12.2. The Balaban J connectivity index is 1.91. The number of nitrogens with zero attached hydrogens (tertiary/aromatic N) is 1. The van der Waals surface area contributed by atoms with Crippen LogP contribution in [-0.4, -0.2) is 48.7 Å². The van der Waals surface area contributed by atoms with Gasteiger partial charge in [-0.1, -0.05) is 6.92 Å². The molecule has 2 aliphatic heterocycles. The van der Waals surface area contributed by atoms with Crippen molar-refractivity contribution >= 4 is 5.97 Å². The highest BCUT2D eigenvalue weighted by Gasteiger charge is 2.37. The van der Waals surface area contributed by atoms with E-state index < -0.39 is 0 Å². The van der Waals surface area contributed by atoms with Gasteiger partial charge in [-0.15, -0.1) is 0 Å². The molecular formula is C14H26N2O2. The Morgan fingerprint density at radius 1 is 1.39 bits per heavy atom. The zero-order valence-electron chi connectivity index (χ0n) is 11.7. The molecule has 0 saturated carbocycles. The lowest BCUT2D eigenvalue weighted by molar-refractivity contribution is -0.154. The first-order chi connectivity index (χ1) is 8.72. The molecule has 2 heterocycles. The van der Waals surface area contributed by atoms with E-state index in [0.717, 1.165) is 51.7 Å². The van der Waals surface area contributed by atoms with Gasteiger partial charge in [-0.05, 0) is 58.7 Å². The number of likely N-dealkylation sites (tertiary alicyclic amines) is 1. The van der Waals surface area contributed by atoms with E-state index >= 15 is 0 Å². The van der Waals surface area contributed by atoms with Gasteiger partial charge < -0.3 is 10.1 Å². The van der Waals surface area contributed by atoms with E-state index in [1.807, 2.05) is 6.92 Å². The highest BCUT2D eigenvalue weighted by atomic mass is 16.5. The van der Waals surface area contributed by atoms with Crippen molar-refractivity contribution < 1.29 is 9.53 Å². The molecule has 2 unspecified atom stereocenters. The number of carbonyl (C=O) groups excluding carboxylic acids is 1. The third kappa shape index (κ3) is 3.23. The van der Waals surface area contributed by atoms with Crippen molar-refractivity contribution in [3.63, 3.8) is 0 Å². The van der Waals surface area contributed by atoms with Crippen molar-refractivity contribution in [2.45, 2.75) is 64.1 Å². The van der Waals surface area contributed by atoms with Gasteiger partial charge in [-0.2, -0.15) is 0 Å². The number of piperidine rings is 1. The third-order valence-electron chi connectivity index (χ3n) is 4.24. The molecule has 0 bridgehead atoms. The van der Waals surface area contributed by atoms with Crippen LogP contribution in [0.5, 0.6) is 0 Å². The smallest absolute Gasteiger partial charge is 0.323 e. The number of rotatable bonds is 4. The van der Waals surface area contributed by atoms with Crippen molar-refractivity contribution in [3.8, 4) is 0 Å². The van der Waals surface area contributed by atoms with Gasteiger partial charge >= 0.3 is 5.97 Å². The highest BCUT2D eigenvalue weighted by Crippen LogP contribution is 2.25. The van der Waals surface area contributed by atoms with Crippen LogP contribution in [0.4, 0.5) is 0 Å². The Kier molecular flexibility index (Phi) is 5.01. The van der Waals surface area contributed by atoms with Crippen LogP contribution in [0.3, 0.4) is 0 Å². The summed E-state index contributed by atoms with van der Waals surface area (Å²) in [6.07, 6.45) is 5.36. The lowest BCUT2D eigenvalue weighted by Crippen LogP contribution is -2.48. The summed E-state index contributed by atoms with van der Waals surface area (Å²) in [4.78, 5) is 14.6. The van der Waals surface area contributed by atoms with Gasteiger partial charge in [-0.25, -0.2) is 0 Å². The monoisotopic (exact) mass is 254 g/mol. The first kappa shape index (κ1) is 13.8. The molecule has 0 aromatic heterocycles. The molecule has 0 radical (unpaired) electrons. The summed E-state index contributed by atoms with van der Waals surface area (Å²) >= 11 is 0. The number of nitrogens with one attached hydrogen (secondary N) is 1. The Morgan fingerprint density at radius 3 is 2.78 bits per heavy atom. The summed E-state index contributed by atoms with van der Waals surface area (Å²) in [6.45, 7) is 7.24. The van der Waals surface area contributed by atoms with Gasteiger partial charge in [0.15, 0.2) is 0 Å². The van der Waals surface area contributed by atoms with Crippen LogP contribution in [0.15, 0.2) is 0 Å². The maximum absolute atomic E-state index is 12.2. The van der Waals surface area contributed by atoms with Crippen LogP contribution in [-0.2, 0) is 9.53 Å². The second kappa shape index (κ2) is 6.53. The second-order valence-electron chi connectivity index (χ2n) is 5.53. The first-order valence-electron chi connectivity index (χ1n) is 7.39. The molecule has 0 aromatic rings. The third-order valence-corrected chi connectivity index (χ3v) is 4.24. The Bertz CT molecular complexity index is 277. The lowest BCUT2D eigenvalue weighted by atomic mass is 10.0. The summed E-state index contributed by atoms with van der Waals surface area (Å²) in [5.41, 5.74) is 0. The fourth-order valence-electron chi connectivity index (χ4n) is 2.98. The van der Waals surface area contributed by atoms with Crippen molar-refractivity contribution in [2.75, 3.05) is 19.6 Å². The predicted octanol–water partition coefficient (Wildman–Crippen LogP) is 1.54. The van der Waals surface area contributed by atoms with Gasteiger partial charge in [0.2, 0.25) is 0 Å². The van der Waals surface area contributed by atoms with Crippen LogP contribution in [0.2, 0.25) is 0 Å². The summed E-state index contributed by atoms with van der Waals surface area (Å²) in [6, 6.07) is 0.588. The van der Waals surface area contributed by atoms with Crippen molar-refractivity contribution in [1.82, 2.24) is 10.2 Å². The summed E-state index contributed by atoms with van der Waals surface area (Å²) < 4.78 is 5.51. The molecule has 2 saturated heterocycles. The topological polar surface area (TPSA) is 41.6 Å². The van der Waals surface area contributed by atoms with Gasteiger partial charge in [0.05, 0.1) is 6.10 Å². The van der Waals surface area contributed by atoms with Crippen LogP contribution < -0.4 is 5.32 Å². The molecule has 2 aliphatic rings. The normalized spacial score (nSPS) is 28.2. The average Bonchev–Trinajstić information content (AvgIpc) is 2.88. The zero-order valence-corrected chi connectivity index (χ0v) is 11.7.